The highest BCUT2D eigenvalue weighted by atomic mass is 19.4. The maximum atomic E-state index is 13.0. The van der Waals surface area contributed by atoms with Gasteiger partial charge in [-0.2, -0.15) is 13.2 Å². The maximum Gasteiger partial charge on any atom is 0.416 e. The number of fused-ring (bicyclic) bond motifs is 2. The molecule has 4 rings (SSSR count). The molecule has 3 nitrogen and oxygen atoms in total. The summed E-state index contributed by atoms with van der Waals surface area (Å²) in [6, 6.07) is 4.22. The van der Waals surface area contributed by atoms with Crippen LogP contribution in [0.25, 0.3) is 0 Å². The zero-order valence-electron chi connectivity index (χ0n) is 17.9. The minimum absolute atomic E-state index is 0.0314. The number of carbonyl (C=O) groups is 1. The molecule has 1 aliphatic heterocycles. The van der Waals surface area contributed by atoms with Crippen molar-refractivity contribution in [3.63, 3.8) is 0 Å². The normalized spacial score (nSPS) is 32.4. The van der Waals surface area contributed by atoms with E-state index in [1.807, 2.05) is 6.92 Å². The maximum absolute atomic E-state index is 13.0. The molecule has 2 saturated carbocycles. The molecule has 1 N–H and O–H groups in total. The van der Waals surface area contributed by atoms with E-state index in [2.05, 4.69) is 12.2 Å². The third-order valence-electron chi connectivity index (χ3n) is 7.85. The number of hydrogen-bond donors (Lipinski definition) is 1. The first-order valence-electron chi connectivity index (χ1n) is 11.3. The molecule has 1 heterocycles. The Morgan fingerprint density at radius 3 is 2.43 bits per heavy atom. The van der Waals surface area contributed by atoms with E-state index in [4.69, 9.17) is 4.74 Å². The van der Waals surface area contributed by atoms with Gasteiger partial charge in [0.05, 0.1) is 12.2 Å². The summed E-state index contributed by atoms with van der Waals surface area (Å²) in [6.07, 6.45) is 3.67. The van der Waals surface area contributed by atoms with E-state index in [0.29, 0.717) is 24.3 Å². The standard InChI is InChI=1S/C24H32F3NO2/c1-15-3-6-19(7-4-15)28-22(29)16(2)17-9-11-23(12-10-17)14-30-21-13-18(24(25,26)27)5-8-20(21)23/h5,8,13,15-17,19H,3-4,6-7,9-12,14H2,1-2H3,(H,28,29). The molecule has 166 valence electrons. The lowest BCUT2D eigenvalue weighted by atomic mass is 9.65. The lowest BCUT2D eigenvalue weighted by molar-refractivity contribution is -0.137. The molecule has 30 heavy (non-hydrogen) atoms. The first kappa shape index (κ1) is 21.5. The minimum atomic E-state index is -4.36. The van der Waals surface area contributed by atoms with Crippen LogP contribution in [-0.4, -0.2) is 18.6 Å². The van der Waals surface area contributed by atoms with Crippen LogP contribution >= 0.6 is 0 Å². The molecule has 2 fully saturated rings. The van der Waals surface area contributed by atoms with E-state index < -0.39 is 11.7 Å². The molecule has 3 aliphatic rings. The summed E-state index contributed by atoms with van der Waals surface area (Å²) < 4.78 is 44.7. The minimum Gasteiger partial charge on any atom is -0.492 e. The number of benzene rings is 1. The average Bonchev–Trinajstić information content (AvgIpc) is 3.07. The van der Waals surface area contributed by atoms with E-state index in [1.165, 1.54) is 18.9 Å². The van der Waals surface area contributed by atoms with Gasteiger partial charge < -0.3 is 10.1 Å². The summed E-state index contributed by atoms with van der Waals surface area (Å²) in [7, 11) is 0. The Hall–Kier alpha value is -1.72. The third-order valence-corrected chi connectivity index (χ3v) is 7.85. The van der Waals surface area contributed by atoms with E-state index >= 15 is 0 Å². The van der Waals surface area contributed by atoms with Crippen molar-refractivity contribution >= 4 is 5.91 Å². The lowest BCUT2D eigenvalue weighted by Gasteiger charge is -2.38. The number of ether oxygens (including phenoxy) is 1. The number of halogens is 3. The number of hydrogen-bond acceptors (Lipinski definition) is 2. The second kappa shape index (κ2) is 8.08. The van der Waals surface area contributed by atoms with Crippen LogP contribution in [0.1, 0.15) is 76.3 Å². The van der Waals surface area contributed by atoms with Gasteiger partial charge in [0.15, 0.2) is 0 Å². The van der Waals surface area contributed by atoms with Gasteiger partial charge in [-0.05, 0) is 75.3 Å². The van der Waals surface area contributed by atoms with Crippen LogP contribution < -0.4 is 10.1 Å². The van der Waals surface area contributed by atoms with Gasteiger partial charge in [-0.3, -0.25) is 4.79 Å². The molecule has 1 spiro atoms. The number of amides is 1. The van der Waals surface area contributed by atoms with Crippen LogP contribution in [0.4, 0.5) is 13.2 Å². The van der Waals surface area contributed by atoms with Crippen molar-refractivity contribution in [2.75, 3.05) is 6.61 Å². The summed E-state index contributed by atoms with van der Waals surface area (Å²) in [4.78, 5) is 12.8. The molecular weight excluding hydrogens is 391 g/mol. The molecule has 0 aromatic heterocycles. The summed E-state index contributed by atoms with van der Waals surface area (Å²) >= 11 is 0. The Morgan fingerprint density at radius 2 is 1.80 bits per heavy atom. The van der Waals surface area contributed by atoms with Crippen LogP contribution in [0.5, 0.6) is 5.75 Å². The molecule has 1 amide bonds. The lowest BCUT2D eigenvalue weighted by Crippen LogP contribution is -2.43. The van der Waals surface area contributed by atoms with Gasteiger partial charge in [0.25, 0.3) is 0 Å². The van der Waals surface area contributed by atoms with Gasteiger partial charge in [-0.15, -0.1) is 0 Å². The molecule has 2 aliphatic carbocycles. The van der Waals surface area contributed by atoms with E-state index in [9.17, 15) is 18.0 Å². The van der Waals surface area contributed by atoms with Crippen molar-refractivity contribution in [3.8, 4) is 5.75 Å². The van der Waals surface area contributed by atoms with Crippen molar-refractivity contribution in [1.29, 1.82) is 0 Å². The Bertz CT molecular complexity index is 775. The average molecular weight is 424 g/mol. The van der Waals surface area contributed by atoms with Crippen molar-refractivity contribution in [1.82, 2.24) is 5.32 Å². The van der Waals surface area contributed by atoms with Crippen LogP contribution in [0, 0.1) is 17.8 Å². The van der Waals surface area contributed by atoms with Crippen LogP contribution in [0.15, 0.2) is 18.2 Å². The van der Waals surface area contributed by atoms with Gasteiger partial charge in [0, 0.05) is 22.9 Å². The number of carbonyl (C=O) groups excluding carboxylic acids is 1. The van der Waals surface area contributed by atoms with Crippen LogP contribution in [0.3, 0.4) is 0 Å². The van der Waals surface area contributed by atoms with E-state index in [0.717, 1.165) is 56.1 Å². The fourth-order valence-electron chi connectivity index (χ4n) is 5.61. The van der Waals surface area contributed by atoms with Gasteiger partial charge >= 0.3 is 6.18 Å². The molecule has 1 unspecified atom stereocenters. The molecule has 0 saturated heterocycles. The second-order valence-corrected chi connectivity index (χ2v) is 9.87. The molecule has 6 heteroatoms. The molecule has 1 aromatic carbocycles. The van der Waals surface area contributed by atoms with Gasteiger partial charge in [-0.25, -0.2) is 0 Å². The highest BCUT2D eigenvalue weighted by molar-refractivity contribution is 5.79. The fraction of sp³-hybridized carbons (Fsp3) is 0.708. The number of alkyl halides is 3. The van der Waals surface area contributed by atoms with Gasteiger partial charge in [-0.1, -0.05) is 19.9 Å². The summed E-state index contributed by atoms with van der Waals surface area (Å²) in [6.45, 7) is 4.74. The van der Waals surface area contributed by atoms with E-state index in [1.54, 1.807) is 6.07 Å². The monoisotopic (exact) mass is 423 g/mol. The second-order valence-electron chi connectivity index (χ2n) is 9.87. The predicted molar refractivity (Wildman–Crippen MR) is 109 cm³/mol. The molecule has 0 radical (unpaired) electrons. The Labute approximate surface area is 176 Å². The topological polar surface area (TPSA) is 38.3 Å². The molecular formula is C24H32F3NO2. The number of rotatable bonds is 3. The zero-order valence-corrected chi connectivity index (χ0v) is 17.9. The first-order valence-corrected chi connectivity index (χ1v) is 11.3. The van der Waals surface area contributed by atoms with Crippen LogP contribution in [0.2, 0.25) is 0 Å². The van der Waals surface area contributed by atoms with Gasteiger partial charge in [0.2, 0.25) is 5.91 Å². The molecule has 1 atom stereocenters. The fourth-order valence-corrected chi connectivity index (χ4v) is 5.61. The first-order chi connectivity index (χ1) is 14.2. The largest absolute Gasteiger partial charge is 0.492 e. The van der Waals surface area contributed by atoms with Gasteiger partial charge in [0.1, 0.15) is 5.75 Å². The predicted octanol–water partition coefficient (Wildman–Crippen LogP) is 5.86. The van der Waals surface area contributed by atoms with Crippen molar-refractivity contribution in [2.24, 2.45) is 17.8 Å². The highest BCUT2D eigenvalue weighted by Crippen LogP contribution is 2.51. The van der Waals surface area contributed by atoms with Crippen molar-refractivity contribution in [2.45, 2.75) is 82.8 Å². The molecule has 1 aromatic rings. The van der Waals surface area contributed by atoms with Crippen LogP contribution in [-0.2, 0) is 16.4 Å². The SMILES string of the molecule is CC1CCC(NC(=O)C(C)C2CCC3(CC2)COc2cc(C(F)(F)F)ccc23)CC1. The number of nitrogens with one attached hydrogen (secondary N) is 1. The molecule has 0 bridgehead atoms. The summed E-state index contributed by atoms with van der Waals surface area (Å²) in [5.74, 6) is 1.58. The van der Waals surface area contributed by atoms with Crippen molar-refractivity contribution in [3.05, 3.63) is 29.3 Å². The highest BCUT2D eigenvalue weighted by Gasteiger charge is 2.45. The third kappa shape index (κ3) is 4.19. The Morgan fingerprint density at radius 1 is 1.13 bits per heavy atom. The zero-order chi connectivity index (χ0) is 21.5. The van der Waals surface area contributed by atoms with Crippen molar-refractivity contribution < 1.29 is 22.7 Å². The Balaban J connectivity index is 1.36. The van der Waals surface area contributed by atoms with E-state index in [-0.39, 0.29) is 17.2 Å². The summed E-state index contributed by atoms with van der Waals surface area (Å²) in [5.41, 5.74) is 0.0443. The summed E-state index contributed by atoms with van der Waals surface area (Å²) in [5, 5.41) is 3.26. The smallest absolute Gasteiger partial charge is 0.416 e. The quantitative estimate of drug-likeness (QED) is 0.662. The Kier molecular flexibility index (Phi) is 5.80.